The molecule has 160 valence electrons. The molecule has 0 spiro atoms. The van der Waals surface area contributed by atoms with Crippen LogP contribution < -0.4 is 5.32 Å². The van der Waals surface area contributed by atoms with E-state index in [0.29, 0.717) is 16.6 Å². The van der Waals surface area contributed by atoms with E-state index in [2.05, 4.69) is 10.3 Å². The largest absolute Gasteiger partial charge is 0.479 e. The first-order chi connectivity index (χ1) is 14.9. The highest BCUT2D eigenvalue weighted by molar-refractivity contribution is 6.07. The van der Waals surface area contributed by atoms with Gasteiger partial charge >= 0.3 is 5.97 Å². The third-order valence-electron chi connectivity index (χ3n) is 5.16. The summed E-state index contributed by atoms with van der Waals surface area (Å²) >= 11 is 0. The van der Waals surface area contributed by atoms with Crippen molar-refractivity contribution in [2.45, 2.75) is 30.6 Å². The molecule has 2 heterocycles. The Kier molecular flexibility index (Phi) is 5.66. The Bertz CT molecular complexity index is 1120. The van der Waals surface area contributed by atoms with E-state index in [1.54, 1.807) is 30.3 Å². The molecule has 1 amide bonds. The first-order valence-electron chi connectivity index (χ1n) is 9.55. The van der Waals surface area contributed by atoms with Gasteiger partial charge in [-0.25, -0.2) is 9.78 Å². The number of aliphatic hydroxyl groups excluding tert-OH is 3. The normalized spacial score (nSPS) is 25.8. The van der Waals surface area contributed by atoms with Crippen molar-refractivity contribution in [1.29, 1.82) is 0 Å². The summed E-state index contributed by atoms with van der Waals surface area (Å²) in [5.41, 5.74) is 2.14. The maximum Gasteiger partial charge on any atom is 0.335 e. The van der Waals surface area contributed by atoms with Crippen molar-refractivity contribution in [3.63, 3.8) is 0 Å². The Morgan fingerprint density at radius 1 is 0.903 bits per heavy atom. The molecule has 31 heavy (non-hydrogen) atoms. The number of ether oxygens (including phenoxy) is 1. The Labute approximate surface area is 176 Å². The zero-order chi connectivity index (χ0) is 22.1. The van der Waals surface area contributed by atoms with Gasteiger partial charge in [-0.3, -0.25) is 4.79 Å². The lowest BCUT2D eigenvalue weighted by atomic mass is 9.97. The number of pyridine rings is 1. The summed E-state index contributed by atoms with van der Waals surface area (Å²) in [6.45, 7) is 0. The number of hydrogen-bond acceptors (Lipinski definition) is 7. The molecule has 1 fully saturated rings. The summed E-state index contributed by atoms with van der Waals surface area (Å²) in [5.74, 6) is -2.19. The first-order valence-corrected chi connectivity index (χ1v) is 9.55. The average molecular weight is 424 g/mol. The highest BCUT2D eigenvalue weighted by Crippen LogP contribution is 2.26. The molecule has 1 aliphatic rings. The standard InChI is InChI=1S/C22H20N2O7/c25-16-17(26)19(22(29)30)31-21(18(16)27)24-20(28)13-10-15(11-6-2-1-3-7-11)23-14-9-5-4-8-12(13)14/h1-10,16-19,21,25-27H,(H,24,28)(H,29,30)/t16-,17-,18+,19-,21+/m0/s1. The number of aliphatic hydroxyl groups is 3. The average Bonchev–Trinajstić information content (AvgIpc) is 2.79. The molecule has 3 aromatic rings. The number of hydrogen-bond donors (Lipinski definition) is 5. The lowest BCUT2D eigenvalue weighted by Crippen LogP contribution is -2.64. The number of rotatable bonds is 4. The zero-order valence-electron chi connectivity index (χ0n) is 16.1. The quantitative estimate of drug-likeness (QED) is 0.407. The van der Waals surface area contributed by atoms with E-state index in [-0.39, 0.29) is 5.56 Å². The fraction of sp³-hybridized carbons (Fsp3) is 0.227. The number of carbonyl (C=O) groups is 2. The number of benzene rings is 2. The number of aliphatic carboxylic acids is 1. The maximum absolute atomic E-state index is 13.1. The minimum absolute atomic E-state index is 0.229. The van der Waals surface area contributed by atoms with Crippen LogP contribution in [0.25, 0.3) is 22.2 Å². The number of para-hydroxylation sites is 1. The topological polar surface area (TPSA) is 149 Å². The number of carbonyl (C=O) groups excluding carboxylic acids is 1. The number of nitrogens with zero attached hydrogens (tertiary/aromatic N) is 1. The van der Waals surface area contributed by atoms with Crippen LogP contribution in [0.1, 0.15) is 10.4 Å². The molecule has 5 atom stereocenters. The Morgan fingerprint density at radius 2 is 1.58 bits per heavy atom. The number of amides is 1. The summed E-state index contributed by atoms with van der Waals surface area (Å²) in [6, 6.07) is 17.8. The van der Waals surface area contributed by atoms with Crippen molar-refractivity contribution in [2.24, 2.45) is 0 Å². The Balaban J connectivity index is 1.69. The van der Waals surface area contributed by atoms with E-state index in [9.17, 15) is 30.0 Å². The molecule has 9 nitrogen and oxygen atoms in total. The van der Waals surface area contributed by atoms with Crippen molar-refractivity contribution in [3.05, 3.63) is 66.2 Å². The molecule has 1 saturated heterocycles. The lowest BCUT2D eigenvalue weighted by molar-refractivity contribution is -0.231. The molecule has 0 unspecified atom stereocenters. The van der Waals surface area contributed by atoms with Crippen molar-refractivity contribution in [1.82, 2.24) is 10.3 Å². The van der Waals surface area contributed by atoms with Crippen LogP contribution in [0.4, 0.5) is 0 Å². The minimum atomic E-state index is -1.84. The van der Waals surface area contributed by atoms with Gasteiger partial charge in [0.25, 0.3) is 5.91 Å². The molecular formula is C22H20N2O7. The second-order valence-electron chi connectivity index (χ2n) is 7.20. The molecular weight excluding hydrogens is 404 g/mol. The van der Waals surface area contributed by atoms with Crippen molar-refractivity contribution >= 4 is 22.8 Å². The third kappa shape index (κ3) is 3.99. The SMILES string of the molecule is O=C(N[C@@H]1O[C@H](C(=O)O)[C@@H](O)[C@H](O)[C@H]1O)c1cc(-c2ccccc2)nc2ccccc12. The van der Waals surface area contributed by atoms with Crippen LogP contribution in [0.5, 0.6) is 0 Å². The van der Waals surface area contributed by atoms with Crippen LogP contribution in [-0.2, 0) is 9.53 Å². The molecule has 1 aromatic heterocycles. The summed E-state index contributed by atoms with van der Waals surface area (Å²) < 4.78 is 5.15. The van der Waals surface area contributed by atoms with Crippen molar-refractivity contribution < 1.29 is 34.8 Å². The van der Waals surface area contributed by atoms with Gasteiger partial charge in [0.05, 0.1) is 16.8 Å². The zero-order valence-corrected chi connectivity index (χ0v) is 16.1. The van der Waals surface area contributed by atoms with Crippen LogP contribution in [0.2, 0.25) is 0 Å². The van der Waals surface area contributed by atoms with E-state index < -0.39 is 42.5 Å². The van der Waals surface area contributed by atoms with E-state index in [0.717, 1.165) is 5.56 Å². The predicted octanol–water partition coefficient (Wildman–Crippen LogP) is 0.524. The number of carboxylic acids is 1. The Morgan fingerprint density at radius 3 is 2.29 bits per heavy atom. The second kappa shape index (κ2) is 8.40. The summed E-state index contributed by atoms with van der Waals surface area (Å²) in [4.78, 5) is 29.0. The summed E-state index contributed by atoms with van der Waals surface area (Å²) in [7, 11) is 0. The van der Waals surface area contributed by atoms with Gasteiger partial charge < -0.3 is 30.5 Å². The first kappa shape index (κ1) is 20.9. The van der Waals surface area contributed by atoms with Gasteiger partial charge in [0.2, 0.25) is 0 Å². The third-order valence-corrected chi connectivity index (χ3v) is 5.16. The van der Waals surface area contributed by atoms with Gasteiger partial charge in [0.1, 0.15) is 18.3 Å². The lowest BCUT2D eigenvalue weighted by Gasteiger charge is -2.38. The second-order valence-corrected chi connectivity index (χ2v) is 7.20. The molecule has 0 saturated carbocycles. The number of nitrogens with one attached hydrogen (secondary N) is 1. The van der Waals surface area contributed by atoms with E-state index >= 15 is 0 Å². The van der Waals surface area contributed by atoms with E-state index in [4.69, 9.17) is 4.74 Å². The van der Waals surface area contributed by atoms with Crippen molar-refractivity contribution in [2.75, 3.05) is 0 Å². The van der Waals surface area contributed by atoms with Crippen LogP contribution in [0.3, 0.4) is 0 Å². The number of fused-ring (bicyclic) bond motifs is 1. The van der Waals surface area contributed by atoms with Gasteiger partial charge in [-0.05, 0) is 12.1 Å². The fourth-order valence-corrected chi connectivity index (χ4v) is 3.53. The summed E-state index contributed by atoms with van der Waals surface area (Å²) in [6.07, 6.45) is -8.73. The molecule has 5 N–H and O–H groups in total. The molecule has 1 aliphatic heterocycles. The molecule has 4 rings (SSSR count). The van der Waals surface area contributed by atoms with Crippen LogP contribution >= 0.6 is 0 Å². The molecule has 2 aromatic carbocycles. The maximum atomic E-state index is 13.1. The summed E-state index contributed by atoms with van der Waals surface area (Å²) in [5, 5.41) is 42.1. The van der Waals surface area contributed by atoms with Gasteiger partial charge in [-0.15, -0.1) is 0 Å². The van der Waals surface area contributed by atoms with Gasteiger partial charge in [-0.2, -0.15) is 0 Å². The van der Waals surface area contributed by atoms with Gasteiger partial charge in [0.15, 0.2) is 12.3 Å². The Hall–Kier alpha value is -3.37. The minimum Gasteiger partial charge on any atom is -0.479 e. The number of aromatic nitrogens is 1. The van der Waals surface area contributed by atoms with E-state index in [1.807, 2.05) is 30.3 Å². The fourth-order valence-electron chi connectivity index (χ4n) is 3.53. The van der Waals surface area contributed by atoms with Crippen LogP contribution in [-0.4, -0.2) is 67.9 Å². The predicted molar refractivity (Wildman–Crippen MR) is 109 cm³/mol. The van der Waals surface area contributed by atoms with Crippen LogP contribution in [0.15, 0.2) is 60.7 Å². The van der Waals surface area contributed by atoms with E-state index in [1.165, 1.54) is 0 Å². The number of carboxylic acid groups (broad SMARTS) is 1. The molecule has 0 radical (unpaired) electrons. The van der Waals surface area contributed by atoms with Crippen LogP contribution in [0, 0.1) is 0 Å². The van der Waals surface area contributed by atoms with Crippen molar-refractivity contribution in [3.8, 4) is 11.3 Å². The molecule has 9 heteroatoms. The van der Waals surface area contributed by atoms with Gasteiger partial charge in [0, 0.05) is 10.9 Å². The molecule has 0 aliphatic carbocycles. The monoisotopic (exact) mass is 424 g/mol. The highest BCUT2D eigenvalue weighted by Gasteiger charge is 2.47. The van der Waals surface area contributed by atoms with Gasteiger partial charge in [-0.1, -0.05) is 48.5 Å². The molecule has 0 bridgehead atoms. The highest BCUT2D eigenvalue weighted by atomic mass is 16.6. The smallest absolute Gasteiger partial charge is 0.335 e.